The van der Waals surface area contributed by atoms with Crippen molar-refractivity contribution in [2.45, 2.75) is 0 Å². The van der Waals surface area contributed by atoms with Crippen LogP contribution >= 0.6 is 11.3 Å². The Kier molecular flexibility index (Phi) is 5.85. The van der Waals surface area contributed by atoms with Crippen LogP contribution in [0.15, 0.2) is 122 Å². The van der Waals surface area contributed by atoms with Crippen molar-refractivity contribution in [3.63, 3.8) is 0 Å². The summed E-state index contributed by atoms with van der Waals surface area (Å²) in [5.74, 6) is 2.06. The van der Waals surface area contributed by atoms with E-state index in [1.165, 1.54) is 25.7 Å². The summed E-state index contributed by atoms with van der Waals surface area (Å²) in [6.45, 7) is 0. The van der Waals surface area contributed by atoms with E-state index in [0.717, 1.165) is 49.4 Å². The van der Waals surface area contributed by atoms with E-state index in [1.807, 2.05) is 66.3 Å². The molecule has 0 bridgehead atoms. The van der Waals surface area contributed by atoms with Crippen LogP contribution in [0.3, 0.4) is 0 Å². The smallest absolute Gasteiger partial charge is 0.503 e. The average Bonchev–Trinajstić information content (AvgIpc) is 3.79. The second-order valence-corrected chi connectivity index (χ2v) is 12.0. The fraction of sp³-hybridized carbons (Fsp3) is 0. The molecule has 0 atom stereocenters. The Bertz CT molecular complexity index is 2760. The van der Waals surface area contributed by atoms with Crippen LogP contribution in [0, 0.1) is 12.1 Å². The Balaban J connectivity index is 0.00000281. The molecular weight excluding hydrogens is 667 g/mol. The van der Waals surface area contributed by atoms with Crippen molar-refractivity contribution in [3.8, 4) is 17.3 Å². The minimum Gasteiger partial charge on any atom is -0.503 e. The molecule has 5 nitrogen and oxygen atoms in total. The molecule has 5 heterocycles. The van der Waals surface area contributed by atoms with E-state index < -0.39 is 0 Å². The van der Waals surface area contributed by atoms with Crippen LogP contribution in [0.5, 0.6) is 11.5 Å². The molecule has 45 heavy (non-hydrogen) atoms. The van der Waals surface area contributed by atoms with Crippen LogP contribution < -0.4 is 4.74 Å². The normalized spacial score (nSPS) is 11.8. The first-order valence-corrected chi connectivity index (χ1v) is 15.2. The largest absolute Gasteiger partial charge is 2.00 e. The number of nitrogens with zero attached hydrogens (tertiary/aromatic N) is 4. The summed E-state index contributed by atoms with van der Waals surface area (Å²) in [5.41, 5.74) is 4.02. The Morgan fingerprint density at radius 3 is 2.29 bits per heavy atom. The van der Waals surface area contributed by atoms with Crippen molar-refractivity contribution < 1.29 is 25.2 Å². The predicted molar refractivity (Wildman–Crippen MR) is 179 cm³/mol. The molecule has 0 aliphatic carbocycles. The Morgan fingerprint density at radius 2 is 1.40 bits per heavy atom. The van der Waals surface area contributed by atoms with E-state index in [4.69, 9.17) is 9.72 Å². The standard InChI is InChI=1S/C38H20N4OS.Pd/c1-3-9-31-26(7-1)27-15-13-24(22-32(27)42(31)35-11-5-6-18-39-35)43-23-12-14-25-28-16-17-34-36(29-8-2-4-10-33(29)44-34)37(28)41-20-19-40-38(41)30(25)21-23;/h1-20H;/q-2;+2. The van der Waals surface area contributed by atoms with Crippen LogP contribution in [0.2, 0.25) is 0 Å². The topological polar surface area (TPSA) is 44.3 Å². The van der Waals surface area contributed by atoms with E-state index in [0.29, 0.717) is 11.5 Å². The van der Waals surface area contributed by atoms with E-state index in [9.17, 15) is 0 Å². The maximum atomic E-state index is 6.45. The summed E-state index contributed by atoms with van der Waals surface area (Å²) in [6, 6.07) is 42.7. The third kappa shape index (κ3) is 3.82. The van der Waals surface area contributed by atoms with E-state index in [2.05, 4.69) is 92.8 Å². The van der Waals surface area contributed by atoms with Crippen molar-refractivity contribution in [1.29, 1.82) is 0 Å². The first-order chi connectivity index (χ1) is 21.8. The second-order valence-electron chi connectivity index (χ2n) is 10.9. The molecule has 10 rings (SSSR count). The molecule has 214 valence electrons. The van der Waals surface area contributed by atoms with Crippen LogP contribution in [0.25, 0.3) is 75.1 Å². The van der Waals surface area contributed by atoms with Crippen molar-refractivity contribution in [2.75, 3.05) is 0 Å². The molecule has 0 unspecified atom stereocenters. The van der Waals surface area contributed by atoms with Gasteiger partial charge in [-0.15, -0.1) is 41.0 Å². The number of rotatable bonds is 3. The fourth-order valence-electron chi connectivity index (χ4n) is 6.65. The summed E-state index contributed by atoms with van der Waals surface area (Å²) in [4.78, 5) is 9.43. The average molecular weight is 687 g/mol. The van der Waals surface area contributed by atoms with Gasteiger partial charge in [0.15, 0.2) is 0 Å². The zero-order valence-electron chi connectivity index (χ0n) is 23.5. The molecule has 0 saturated heterocycles. The number of benzene rings is 5. The van der Waals surface area contributed by atoms with Gasteiger partial charge in [-0.05, 0) is 41.1 Å². The van der Waals surface area contributed by atoms with Crippen LogP contribution in [-0.2, 0) is 20.4 Å². The molecular formula is C38H20N4OPdS. The Labute approximate surface area is 274 Å². The van der Waals surface area contributed by atoms with Gasteiger partial charge in [0.2, 0.25) is 0 Å². The molecule has 5 aromatic heterocycles. The molecule has 0 spiro atoms. The molecule has 0 amide bonds. The molecule has 0 aliphatic heterocycles. The summed E-state index contributed by atoms with van der Waals surface area (Å²) < 4.78 is 13.3. The van der Waals surface area contributed by atoms with Gasteiger partial charge >= 0.3 is 20.4 Å². The number of hydrogen-bond donors (Lipinski definition) is 0. The molecule has 0 aliphatic rings. The molecule has 0 radical (unpaired) electrons. The Morgan fingerprint density at radius 1 is 0.622 bits per heavy atom. The van der Waals surface area contributed by atoms with Gasteiger partial charge in [-0.3, -0.25) is 4.98 Å². The molecule has 5 aromatic carbocycles. The van der Waals surface area contributed by atoms with Gasteiger partial charge in [0, 0.05) is 61.3 Å². The molecule has 0 saturated carbocycles. The van der Waals surface area contributed by atoms with Gasteiger partial charge in [-0.2, -0.15) is 6.07 Å². The van der Waals surface area contributed by atoms with Gasteiger partial charge in [0.1, 0.15) is 5.82 Å². The summed E-state index contributed by atoms with van der Waals surface area (Å²) in [5, 5.41) is 7.95. The monoisotopic (exact) mass is 686 g/mol. The predicted octanol–water partition coefficient (Wildman–Crippen LogP) is 9.89. The molecule has 10 aromatic rings. The van der Waals surface area contributed by atoms with E-state index >= 15 is 0 Å². The fourth-order valence-corrected chi connectivity index (χ4v) is 7.75. The quantitative estimate of drug-likeness (QED) is 0.106. The number of pyridine rings is 2. The number of fused-ring (bicyclic) bond motifs is 13. The van der Waals surface area contributed by atoms with Crippen molar-refractivity contribution in [2.24, 2.45) is 0 Å². The van der Waals surface area contributed by atoms with Crippen LogP contribution in [0.1, 0.15) is 0 Å². The minimum atomic E-state index is 0. The number of para-hydroxylation sites is 1. The van der Waals surface area contributed by atoms with Crippen LogP contribution in [0.4, 0.5) is 0 Å². The third-order valence-electron chi connectivity index (χ3n) is 8.49. The summed E-state index contributed by atoms with van der Waals surface area (Å²) in [6.07, 6.45) is 5.72. The number of hydrogen-bond acceptors (Lipinski definition) is 4. The van der Waals surface area contributed by atoms with E-state index in [-0.39, 0.29) is 20.4 Å². The van der Waals surface area contributed by atoms with Gasteiger partial charge < -0.3 is 13.7 Å². The number of imidazole rings is 1. The number of ether oxygens (including phenoxy) is 1. The van der Waals surface area contributed by atoms with Gasteiger partial charge in [-0.25, -0.2) is 4.98 Å². The minimum absolute atomic E-state index is 0. The van der Waals surface area contributed by atoms with Crippen molar-refractivity contribution in [1.82, 2.24) is 18.9 Å². The van der Waals surface area contributed by atoms with Gasteiger partial charge in [-0.1, -0.05) is 70.9 Å². The maximum Gasteiger partial charge on any atom is 2.00 e. The maximum absolute atomic E-state index is 6.45. The molecule has 0 fully saturated rings. The summed E-state index contributed by atoms with van der Waals surface area (Å²) in [7, 11) is 0. The number of aromatic nitrogens is 4. The molecule has 7 heteroatoms. The third-order valence-corrected chi connectivity index (χ3v) is 9.62. The van der Waals surface area contributed by atoms with Gasteiger partial charge in [0.05, 0.1) is 5.65 Å². The zero-order chi connectivity index (χ0) is 28.8. The summed E-state index contributed by atoms with van der Waals surface area (Å²) >= 11 is 1.83. The van der Waals surface area contributed by atoms with Crippen molar-refractivity contribution in [3.05, 3.63) is 134 Å². The molecule has 0 N–H and O–H groups in total. The first-order valence-electron chi connectivity index (χ1n) is 14.4. The SMILES string of the molecule is [Pd+2].[c-]1c(Oc2[c-]c3c(cc2)c2ccccc2n3-c2ccccn2)ccc2c1c1nccn1c1c2ccc2sc3ccccc3c21. The zero-order valence-corrected chi connectivity index (χ0v) is 25.8. The Hall–Kier alpha value is -5.06. The second kappa shape index (κ2) is 9.98. The van der Waals surface area contributed by atoms with Crippen molar-refractivity contribution >= 4 is 80.6 Å². The first kappa shape index (κ1) is 26.4. The van der Waals surface area contributed by atoms with Crippen LogP contribution in [-0.4, -0.2) is 18.9 Å². The number of thiophene rings is 1. The van der Waals surface area contributed by atoms with Gasteiger partial charge in [0.25, 0.3) is 0 Å². The van der Waals surface area contributed by atoms with E-state index in [1.54, 1.807) is 0 Å².